The second-order valence-corrected chi connectivity index (χ2v) is 5.59. The molecule has 2 aromatic rings. The Hall–Kier alpha value is -3.12. The zero-order valence-electron chi connectivity index (χ0n) is 13.2. The van der Waals surface area contributed by atoms with Crippen molar-refractivity contribution >= 4 is 40.8 Å². The van der Waals surface area contributed by atoms with Crippen LogP contribution >= 0.6 is 11.6 Å². The molecule has 0 aliphatic carbocycles. The van der Waals surface area contributed by atoms with Crippen LogP contribution in [-0.4, -0.2) is 22.9 Å². The lowest BCUT2D eigenvalue weighted by Crippen LogP contribution is -2.14. The van der Waals surface area contributed by atoms with Gasteiger partial charge < -0.3 is 15.7 Å². The van der Waals surface area contributed by atoms with E-state index in [1.165, 1.54) is 6.07 Å². The molecular formula is C18H15ClN2O4. The third-order valence-electron chi connectivity index (χ3n) is 3.22. The van der Waals surface area contributed by atoms with Gasteiger partial charge in [0.15, 0.2) is 0 Å². The van der Waals surface area contributed by atoms with Crippen molar-refractivity contribution in [2.45, 2.75) is 6.92 Å². The molecule has 2 aromatic carbocycles. The minimum absolute atomic E-state index is 0.333. The molecule has 2 rings (SSSR count). The molecule has 128 valence electrons. The van der Waals surface area contributed by atoms with E-state index in [0.717, 1.165) is 17.7 Å². The lowest BCUT2D eigenvalue weighted by Gasteiger charge is -2.10. The molecule has 0 fully saturated rings. The van der Waals surface area contributed by atoms with E-state index >= 15 is 0 Å². The number of aryl methyl sites for hydroxylation is 1. The van der Waals surface area contributed by atoms with Crippen LogP contribution in [0.2, 0.25) is 5.02 Å². The summed E-state index contributed by atoms with van der Waals surface area (Å²) in [6.07, 6.45) is 1.62. The molecular weight excluding hydrogens is 344 g/mol. The first-order valence-corrected chi connectivity index (χ1v) is 7.62. The van der Waals surface area contributed by atoms with E-state index in [0.29, 0.717) is 22.0 Å². The highest BCUT2D eigenvalue weighted by molar-refractivity contribution is 6.31. The highest BCUT2D eigenvalue weighted by Crippen LogP contribution is 2.21. The summed E-state index contributed by atoms with van der Waals surface area (Å²) in [6.45, 7) is 1.84. The maximum Gasteiger partial charge on any atom is 0.328 e. The van der Waals surface area contributed by atoms with E-state index in [9.17, 15) is 14.4 Å². The van der Waals surface area contributed by atoms with Gasteiger partial charge in [-0.15, -0.1) is 0 Å². The van der Waals surface area contributed by atoms with Crippen molar-refractivity contribution in [1.29, 1.82) is 0 Å². The first kappa shape index (κ1) is 18.2. The third kappa shape index (κ3) is 5.47. The van der Waals surface area contributed by atoms with Crippen molar-refractivity contribution in [3.8, 4) is 0 Å². The SMILES string of the molecule is Cc1ccc(Cl)cc1NC(=O)c1cccc(NC(=O)C=CC(=O)O)c1. The van der Waals surface area contributed by atoms with Crippen molar-refractivity contribution in [3.63, 3.8) is 0 Å². The van der Waals surface area contributed by atoms with Crippen molar-refractivity contribution in [2.75, 3.05) is 10.6 Å². The lowest BCUT2D eigenvalue weighted by atomic mass is 10.1. The van der Waals surface area contributed by atoms with Gasteiger partial charge in [-0.3, -0.25) is 9.59 Å². The van der Waals surface area contributed by atoms with Crippen LogP contribution in [0.1, 0.15) is 15.9 Å². The van der Waals surface area contributed by atoms with Gasteiger partial charge in [0.1, 0.15) is 0 Å². The molecule has 0 aliphatic heterocycles. The van der Waals surface area contributed by atoms with Crippen LogP contribution in [0.25, 0.3) is 0 Å². The minimum atomic E-state index is -1.22. The molecule has 0 atom stereocenters. The zero-order chi connectivity index (χ0) is 18.4. The number of benzene rings is 2. The molecule has 25 heavy (non-hydrogen) atoms. The Morgan fingerprint density at radius 2 is 1.80 bits per heavy atom. The summed E-state index contributed by atoms with van der Waals surface area (Å²) in [7, 11) is 0. The van der Waals surface area contributed by atoms with Gasteiger partial charge in [0.05, 0.1) is 0 Å². The van der Waals surface area contributed by atoms with Crippen LogP contribution in [-0.2, 0) is 9.59 Å². The quantitative estimate of drug-likeness (QED) is 0.713. The third-order valence-corrected chi connectivity index (χ3v) is 3.45. The van der Waals surface area contributed by atoms with Crippen LogP contribution in [0.15, 0.2) is 54.6 Å². The van der Waals surface area contributed by atoms with Crippen molar-refractivity contribution < 1.29 is 19.5 Å². The van der Waals surface area contributed by atoms with E-state index in [2.05, 4.69) is 10.6 Å². The van der Waals surface area contributed by atoms with E-state index in [-0.39, 0.29) is 5.91 Å². The van der Waals surface area contributed by atoms with Crippen LogP contribution in [0, 0.1) is 6.92 Å². The van der Waals surface area contributed by atoms with Crippen LogP contribution in [0.3, 0.4) is 0 Å². The van der Waals surface area contributed by atoms with Gasteiger partial charge in [0.25, 0.3) is 5.91 Å². The number of amides is 2. The molecule has 0 bridgehead atoms. The summed E-state index contributed by atoms with van der Waals surface area (Å²) >= 11 is 5.93. The molecule has 2 amide bonds. The number of carboxylic acids is 1. The van der Waals surface area contributed by atoms with Crippen LogP contribution < -0.4 is 10.6 Å². The summed E-state index contributed by atoms with van der Waals surface area (Å²) in [5.41, 5.74) is 2.16. The molecule has 0 saturated heterocycles. The molecule has 0 aliphatic rings. The number of carboxylic acid groups (broad SMARTS) is 1. The van der Waals surface area contributed by atoms with Gasteiger partial charge in [-0.1, -0.05) is 23.7 Å². The Balaban J connectivity index is 2.12. The van der Waals surface area contributed by atoms with Crippen molar-refractivity contribution in [2.24, 2.45) is 0 Å². The Morgan fingerprint density at radius 1 is 1.04 bits per heavy atom. The molecule has 0 radical (unpaired) electrons. The summed E-state index contributed by atoms with van der Waals surface area (Å²) in [5.74, 6) is -2.19. The first-order valence-electron chi connectivity index (χ1n) is 7.25. The highest BCUT2D eigenvalue weighted by atomic mass is 35.5. The second kappa shape index (κ2) is 8.12. The van der Waals surface area contributed by atoms with Gasteiger partial charge in [-0.25, -0.2) is 4.79 Å². The predicted octanol–water partition coefficient (Wildman–Crippen LogP) is 3.48. The van der Waals surface area contributed by atoms with Gasteiger partial charge in [0, 0.05) is 34.1 Å². The largest absolute Gasteiger partial charge is 0.478 e. The highest BCUT2D eigenvalue weighted by Gasteiger charge is 2.09. The topological polar surface area (TPSA) is 95.5 Å². The Morgan fingerprint density at radius 3 is 2.52 bits per heavy atom. The average Bonchev–Trinajstić information content (AvgIpc) is 2.56. The Bertz CT molecular complexity index is 862. The van der Waals surface area contributed by atoms with E-state index in [1.807, 2.05) is 6.92 Å². The number of halogens is 1. The molecule has 0 saturated carbocycles. The molecule has 7 heteroatoms. The summed E-state index contributed by atoms with van der Waals surface area (Å²) < 4.78 is 0. The molecule has 3 N–H and O–H groups in total. The van der Waals surface area contributed by atoms with Gasteiger partial charge in [0.2, 0.25) is 5.91 Å². The number of hydrogen-bond acceptors (Lipinski definition) is 3. The number of rotatable bonds is 5. The maximum absolute atomic E-state index is 12.4. The number of aliphatic carboxylic acids is 1. The van der Waals surface area contributed by atoms with E-state index < -0.39 is 11.9 Å². The molecule has 0 unspecified atom stereocenters. The summed E-state index contributed by atoms with van der Waals surface area (Å²) in [6, 6.07) is 11.5. The predicted molar refractivity (Wildman–Crippen MR) is 96.0 cm³/mol. The Kier molecular flexibility index (Phi) is 5.92. The second-order valence-electron chi connectivity index (χ2n) is 5.15. The van der Waals surface area contributed by atoms with Gasteiger partial charge in [-0.2, -0.15) is 0 Å². The zero-order valence-corrected chi connectivity index (χ0v) is 14.0. The summed E-state index contributed by atoms with van der Waals surface area (Å²) in [4.78, 5) is 34.4. The average molecular weight is 359 g/mol. The Labute approximate surface area is 149 Å². The van der Waals surface area contributed by atoms with Crippen molar-refractivity contribution in [1.82, 2.24) is 0 Å². The normalized spacial score (nSPS) is 10.5. The molecule has 0 spiro atoms. The monoisotopic (exact) mass is 358 g/mol. The number of anilines is 2. The number of carbonyl (C=O) groups excluding carboxylic acids is 2. The minimum Gasteiger partial charge on any atom is -0.478 e. The number of hydrogen-bond donors (Lipinski definition) is 3. The fraction of sp³-hybridized carbons (Fsp3) is 0.0556. The van der Waals surface area contributed by atoms with Crippen molar-refractivity contribution in [3.05, 3.63) is 70.8 Å². The fourth-order valence-corrected chi connectivity index (χ4v) is 2.16. The smallest absolute Gasteiger partial charge is 0.328 e. The first-order chi connectivity index (χ1) is 11.8. The van der Waals surface area contributed by atoms with Gasteiger partial charge >= 0.3 is 5.97 Å². The lowest BCUT2D eigenvalue weighted by molar-refractivity contribution is -0.131. The van der Waals surface area contributed by atoms with E-state index in [1.54, 1.807) is 36.4 Å². The standard InChI is InChI=1S/C18H15ClN2O4/c1-11-5-6-13(19)10-15(11)21-18(25)12-3-2-4-14(9-12)20-16(22)7-8-17(23)24/h2-10H,1H3,(H,20,22)(H,21,25)(H,23,24). The number of carbonyl (C=O) groups is 3. The van der Waals surface area contributed by atoms with E-state index in [4.69, 9.17) is 16.7 Å². The molecule has 6 nitrogen and oxygen atoms in total. The van der Waals surface area contributed by atoms with Crippen LogP contribution in [0.4, 0.5) is 11.4 Å². The maximum atomic E-state index is 12.4. The summed E-state index contributed by atoms with van der Waals surface area (Å²) in [5, 5.41) is 14.3. The molecule has 0 aromatic heterocycles. The fourth-order valence-electron chi connectivity index (χ4n) is 1.99. The number of nitrogens with one attached hydrogen (secondary N) is 2. The van der Waals surface area contributed by atoms with Crippen LogP contribution in [0.5, 0.6) is 0 Å². The van der Waals surface area contributed by atoms with Gasteiger partial charge in [-0.05, 0) is 42.8 Å². The molecule has 0 heterocycles.